The van der Waals surface area contributed by atoms with Crippen molar-refractivity contribution < 1.29 is 20.4 Å². The zero-order chi connectivity index (χ0) is 29.2. The monoisotopic (exact) mass is 534 g/mol. The Morgan fingerprint density at radius 3 is 0.900 bits per heavy atom. The lowest BCUT2D eigenvalue weighted by atomic mass is 9.73. The number of aromatic hydroxyl groups is 4. The molecule has 0 fully saturated rings. The number of rotatable bonds is 4. The molecule has 0 saturated carbocycles. The van der Waals surface area contributed by atoms with Crippen molar-refractivity contribution in [1.82, 2.24) is 0 Å². The number of benzene rings is 5. The first kappa shape index (κ1) is 29.9. The summed E-state index contributed by atoms with van der Waals surface area (Å²) in [5.41, 5.74) is 4.44. The van der Waals surface area contributed by atoms with Crippen molar-refractivity contribution >= 4 is 0 Å². The van der Waals surface area contributed by atoms with Crippen LogP contribution >= 0.6 is 0 Å². The fraction of sp³-hybridized carbons (Fsp3) is 0.167. The summed E-state index contributed by atoms with van der Waals surface area (Å²) >= 11 is 0. The Bertz CT molecular complexity index is 1330. The molecule has 0 atom stereocenters. The van der Waals surface area contributed by atoms with Gasteiger partial charge in [0.05, 0.1) is 0 Å². The lowest BCUT2D eigenvalue weighted by Crippen LogP contribution is -2.22. The van der Waals surface area contributed by atoms with Crippen LogP contribution in [-0.2, 0) is 10.8 Å². The Kier molecular flexibility index (Phi) is 9.99. The Hall–Kier alpha value is -4.70. The van der Waals surface area contributed by atoms with Crippen LogP contribution in [0, 0.1) is 0 Å². The molecule has 206 valence electrons. The Morgan fingerprint density at radius 1 is 0.325 bits per heavy atom. The van der Waals surface area contributed by atoms with Gasteiger partial charge in [0.1, 0.15) is 23.0 Å². The first-order valence-electron chi connectivity index (χ1n) is 13.2. The van der Waals surface area contributed by atoms with Crippen molar-refractivity contribution in [3.63, 3.8) is 0 Å². The highest BCUT2D eigenvalue weighted by Crippen LogP contribution is 2.37. The first-order chi connectivity index (χ1) is 19.0. The standard InChI is InChI=1S/C24H26O2.2C6H6O/c1-23(2,17-8-12-21(25)13-9-17)19-6-5-7-20(16-19)24(3,4)18-10-14-22(26)15-11-18;2*7-6-4-2-1-3-5-6/h5-16,25-26H,1-4H3;2*1-5,7H. The van der Waals surface area contributed by atoms with Crippen LogP contribution in [0.4, 0.5) is 0 Å². The minimum Gasteiger partial charge on any atom is -0.508 e. The third kappa shape index (κ3) is 8.15. The maximum Gasteiger partial charge on any atom is 0.115 e. The quantitative estimate of drug-likeness (QED) is 0.186. The molecular formula is C36H38O4. The molecule has 5 aromatic rings. The highest BCUT2D eigenvalue weighted by atomic mass is 16.3. The molecule has 0 spiro atoms. The molecule has 0 bridgehead atoms. The Balaban J connectivity index is 0.000000255. The van der Waals surface area contributed by atoms with Gasteiger partial charge < -0.3 is 20.4 Å². The van der Waals surface area contributed by atoms with Gasteiger partial charge in [-0.2, -0.15) is 0 Å². The van der Waals surface area contributed by atoms with E-state index in [1.165, 1.54) is 11.1 Å². The van der Waals surface area contributed by atoms with Gasteiger partial charge in [-0.1, -0.05) is 113 Å². The molecule has 0 aliphatic carbocycles. The van der Waals surface area contributed by atoms with E-state index in [2.05, 4.69) is 52.0 Å². The summed E-state index contributed by atoms with van der Waals surface area (Å²) in [6.45, 7) is 8.80. The molecule has 0 heterocycles. The minimum absolute atomic E-state index is 0.172. The smallest absolute Gasteiger partial charge is 0.115 e. The molecule has 0 saturated heterocycles. The molecule has 0 unspecified atom stereocenters. The van der Waals surface area contributed by atoms with Gasteiger partial charge in [-0.15, -0.1) is 0 Å². The van der Waals surface area contributed by atoms with Crippen LogP contribution in [0.3, 0.4) is 0 Å². The van der Waals surface area contributed by atoms with Crippen molar-refractivity contribution in [3.05, 3.63) is 156 Å². The lowest BCUT2D eigenvalue weighted by molar-refractivity contribution is 0.474. The van der Waals surface area contributed by atoms with Crippen LogP contribution < -0.4 is 0 Å². The second-order valence-corrected chi connectivity index (χ2v) is 10.6. The Labute approximate surface area is 237 Å². The third-order valence-corrected chi connectivity index (χ3v) is 7.00. The molecule has 0 amide bonds. The summed E-state index contributed by atoms with van der Waals surface area (Å²) in [5, 5.41) is 36.4. The van der Waals surface area contributed by atoms with Crippen molar-refractivity contribution in [2.75, 3.05) is 0 Å². The summed E-state index contributed by atoms with van der Waals surface area (Å²) in [4.78, 5) is 0. The molecule has 0 aromatic heterocycles. The van der Waals surface area contributed by atoms with Crippen LogP contribution in [-0.4, -0.2) is 20.4 Å². The van der Waals surface area contributed by atoms with Crippen LogP contribution in [0.15, 0.2) is 133 Å². The number of hydrogen-bond donors (Lipinski definition) is 4. The topological polar surface area (TPSA) is 80.9 Å². The minimum atomic E-state index is -0.172. The average molecular weight is 535 g/mol. The van der Waals surface area contributed by atoms with Crippen molar-refractivity contribution in [2.24, 2.45) is 0 Å². The highest BCUT2D eigenvalue weighted by Gasteiger charge is 2.27. The highest BCUT2D eigenvalue weighted by molar-refractivity contribution is 5.45. The number of para-hydroxylation sites is 2. The molecule has 4 heteroatoms. The van der Waals surface area contributed by atoms with Crippen LogP contribution in [0.2, 0.25) is 0 Å². The zero-order valence-electron chi connectivity index (χ0n) is 23.5. The van der Waals surface area contributed by atoms with E-state index in [4.69, 9.17) is 10.2 Å². The van der Waals surface area contributed by atoms with E-state index in [0.717, 1.165) is 11.1 Å². The van der Waals surface area contributed by atoms with Gasteiger partial charge >= 0.3 is 0 Å². The molecule has 0 aliphatic heterocycles. The zero-order valence-corrected chi connectivity index (χ0v) is 23.5. The maximum atomic E-state index is 9.57. The van der Waals surface area contributed by atoms with E-state index in [1.807, 2.05) is 36.4 Å². The summed E-state index contributed by atoms with van der Waals surface area (Å²) in [5.74, 6) is 1.21. The van der Waals surface area contributed by atoms with Gasteiger partial charge in [-0.25, -0.2) is 0 Å². The molecule has 5 rings (SSSR count). The maximum absolute atomic E-state index is 9.57. The van der Waals surface area contributed by atoms with Crippen LogP contribution in [0.5, 0.6) is 23.0 Å². The van der Waals surface area contributed by atoms with Gasteiger partial charge in [0.25, 0.3) is 0 Å². The van der Waals surface area contributed by atoms with Gasteiger partial charge in [-0.3, -0.25) is 0 Å². The second kappa shape index (κ2) is 13.4. The van der Waals surface area contributed by atoms with E-state index in [9.17, 15) is 10.2 Å². The molecule has 40 heavy (non-hydrogen) atoms. The predicted molar refractivity (Wildman–Crippen MR) is 163 cm³/mol. The van der Waals surface area contributed by atoms with Gasteiger partial charge in [0, 0.05) is 10.8 Å². The summed E-state index contributed by atoms with van der Waals surface area (Å²) in [7, 11) is 0. The molecule has 4 nitrogen and oxygen atoms in total. The lowest BCUT2D eigenvalue weighted by Gasteiger charge is -2.31. The van der Waals surface area contributed by atoms with E-state index in [-0.39, 0.29) is 22.3 Å². The average Bonchev–Trinajstić information content (AvgIpc) is 2.95. The fourth-order valence-electron chi connectivity index (χ4n) is 4.24. The molecule has 5 aromatic carbocycles. The molecule has 0 radical (unpaired) electrons. The number of phenolic OH excluding ortho intramolecular Hbond substituents is 4. The molecule has 4 N–H and O–H groups in total. The largest absolute Gasteiger partial charge is 0.508 e. The van der Waals surface area contributed by atoms with Crippen molar-refractivity contribution in [1.29, 1.82) is 0 Å². The van der Waals surface area contributed by atoms with Crippen LogP contribution in [0.25, 0.3) is 0 Å². The number of phenols is 4. The molecular weight excluding hydrogens is 496 g/mol. The van der Waals surface area contributed by atoms with E-state index in [0.29, 0.717) is 11.5 Å². The SMILES string of the molecule is CC(C)(c1ccc(O)cc1)c1cccc(C(C)(C)c2ccc(O)cc2)c1.Oc1ccccc1.Oc1ccccc1. The molecule has 0 aliphatic rings. The normalized spacial score (nSPS) is 10.9. The van der Waals surface area contributed by atoms with Gasteiger partial charge in [0.15, 0.2) is 0 Å². The van der Waals surface area contributed by atoms with E-state index >= 15 is 0 Å². The van der Waals surface area contributed by atoms with Crippen molar-refractivity contribution in [2.45, 2.75) is 38.5 Å². The van der Waals surface area contributed by atoms with Crippen molar-refractivity contribution in [3.8, 4) is 23.0 Å². The fourth-order valence-corrected chi connectivity index (χ4v) is 4.24. The van der Waals surface area contributed by atoms with E-state index in [1.54, 1.807) is 72.8 Å². The summed E-state index contributed by atoms with van der Waals surface area (Å²) in [6, 6.07) is 41.0. The summed E-state index contributed by atoms with van der Waals surface area (Å²) in [6.07, 6.45) is 0. The van der Waals surface area contributed by atoms with Crippen LogP contribution in [0.1, 0.15) is 49.9 Å². The summed E-state index contributed by atoms with van der Waals surface area (Å²) < 4.78 is 0. The Morgan fingerprint density at radius 2 is 0.625 bits per heavy atom. The van der Waals surface area contributed by atoms with Gasteiger partial charge in [-0.05, 0) is 70.8 Å². The first-order valence-corrected chi connectivity index (χ1v) is 13.2. The predicted octanol–water partition coefficient (Wildman–Crippen LogP) is 8.53. The number of hydrogen-bond acceptors (Lipinski definition) is 4. The van der Waals surface area contributed by atoms with Gasteiger partial charge in [0.2, 0.25) is 0 Å². The second-order valence-electron chi connectivity index (χ2n) is 10.6. The third-order valence-electron chi connectivity index (χ3n) is 7.00. The van der Waals surface area contributed by atoms with E-state index < -0.39 is 0 Å².